The highest BCUT2D eigenvalue weighted by molar-refractivity contribution is 6.19. The van der Waals surface area contributed by atoms with Gasteiger partial charge in [0.15, 0.2) is 5.78 Å². The van der Waals surface area contributed by atoms with Crippen molar-refractivity contribution in [2.45, 2.75) is 20.3 Å². The van der Waals surface area contributed by atoms with E-state index >= 15 is 0 Å². The van der Waals surface area contributed by atoms with Gasteiger partial charge in [-0.1, -0.05) is 19.1 Å². The molecule has 0 N–H and O–H groups in total. The van der Waals surface area contributed by atoms with E-state index in [2.05, 4.69) is 0 Å². The molecule has 0 aliphatic heterocycles. The predicted octanol–water partition coefficient (Wildman–Crippen LogP) is 2.52. The van der Waals surface area contributed by atoms with Gasteiger partial charge in [-0.25, -0.2) is 4.79 Å². The van der Waals surface area contributed by atoms with Crippen molar-refractivity contribution in [1.82, 2.24) is 0 Å². The number of nitrogens with zero attached hydrogens (tertiary/aromatic N) is 1. The zero-order valence-corrected chi connectivity index (χ0v) is 11.3. The molecule has 1 aromatic carbocycles. The Kier molecular flexibility index (Phi) is 5.58. The van der Waals surface area contributed by atoms with E-state index in [1.165, 1.54) is 31.2 Å². The molecule has 0 spiro atoms. The number of ether oxygens (including phenoxy) is 1. The Morgan fingerprint density at radius 3 is 2.65 bits per heavy atom. The zero-order chi connectivity index (χ0) is 15.1. The minimum Gasteiger partial charge on any atom is -0.462 e. The van der Waals surface area contributed by atoms with Crippen LogP contribution in [0.15, 0.2) is 29.8 Å². The van der Waals surface area contributed by atoms with Gasteiger partial charge >= 0.3 is 5.97 Å². The van der Waals surface area contributed by atoms with E-state index in [0.29, 0.717) is 12.0 Å². The van der Waals surface area contributed by atoms with E-state index in [9.17, 15) is 19.7 Å². The van der Waals surface area contributed by atoms with Crippen LogP contribution in [-0.2, 0) is 14.3 Å². The van der Waals surface area contributed by atoms with Crippen LogP contribution in [0.5, 0.6) is 0 Å². The van der Waals surface area contributed by atoms with Gasteiger partial charge in [0.05, 0.1) is 11.5 Å². The molecule has 1 aromatic rings. The SMILES string of the molecule is CCCOC(=O)C(=Cc1cccc([N+](=O)[O-])c1)C(C)=O. The Hall–Kier alpha value is -2.50. The van der Waals surface area contributed by atoms with Crippen LogP contribution in [-0.4, -0.2) is 23.3 Å². The number of esters is 1. The molecule has 0 saturated heterocycles. The minimum absolute atomic E-state index is 0.108. The third-order valence-electron chi connectivity index (χ3n) is 2.43. The van der Waals surface area contributed by atoms with Crippen LogP contribution in [0.2, 0.25) is 0 Å². The van der Waals surface area contributed by atoms with Gasteiger partial charge in [-0.15, -0.1) is 0 Å². The maximum atomic E-state index is 11.7. The molecule has 6 heteroatoms. The van der Waals surface area contributed by atoms with E-state index in [4.69, 9.17) is 4.74 Å². The maximum Gasteiger partial charge on any atom is 0.341 e. The van der Waals surface area contributed by atoms with Crippen LogP contribution in [0.3, 0.4) is 0 Å². The summed E-state index contributed by atoms with van der Waals surface area (Å²) in [4.78, 5) is 33.3. The summed E-state index contributed by atoms with van der Waals surface area (Å²) in [6.07, 6.45) is 1.95. The lowest BCUT2D eigenvalue weighted by atomic mass is 10.1. The molecule has 0 fully saturated rings. The number of nitro benzene ring substituents is 1. The maximum absolute atomic E-state index is 11.7. The smallest absolute Gasteiger partial charge is 0.341 e. The molecule has 0 amide bonds. The van der Waals surface area contributed by atoms with Gasteiger partial charge in [-0.3, -0.25) is 14.9 Å². The molecule has 0 aliphatic rings. The Morgan fingerprint density at radius 2 is 2.10 bits per heavy atom. The number of hydrogen-bond acceptors (Lipinski definition) is 5. The quantitative estimate of drug-likeness (QED) is 0.199. The molecular formula is C14H15NO5. The lowest BCUT2D eigenvalue weighted by Crippen LogP contribution is -2.14. The largest absolute Gasteiger partial charge is 0.462 e. The number of rotatable bonds is 6. The summed E-state index contributed by atoms with van der Waals surface area (Å²) in [7, 11) is 0. The van der Waals surface area contributed by atoms with Crippen molar-refractivity contribution >= 4 is 23.5 Å². The van der Waals surface area contributed by atoms with Crippen LogP contribution >= 0.6 is 0 Å². The minimum atomic E-state index is -0.717. The van der Waals surface area contributed by atoms with E-state index in [1.807, 2.05) is 6.92 Å². The number of nitro groups is 1. The first kappa shape index (κ1) is 15.6. The average Bonchev–Trinajstić information content (AvgIpc) is 2.42. The lowest BCUT2D eigenvalue weighted by molar-refractivity contribution is -0.384. The second kappa shape index (κ2) is 7.18. The monoisotopic (exact) mass is 277 g/mol. The van der Waals surface area contributed by atoms with E-state index in [-0.39, 0.29) is 17.9 Å². The first-order valence-electron chi connectivity index (χ1n) is 6.10. The van der Waals surface area contributed by atoms with Gasteiger partial charge in [0, 0.05) is 12.1 Å². The third-order valence-corrected chi connectivity index (χ3v) is 2.43. The van der Waals surface area contributed by atoms with Crippen molar-refractivity contribution in [3.8, 4) is 0 Å². The number of carbonyl (C=O) groups is 2. The highest BCUT2D eigenvalue weighted by Crippen LogP contribution is 2.16. The Balaban J connectivity index is 3.08. The summed E-state index contributed by atoms with van der Waals surface area (Å²) < 4.78 is 4.90. The number of benzene rings is 1. The van der Waals surface area contributed by atoms with Gasteiger partial charge in [-0.2, -0.15) is 0 Å². The van der Waals surface area contributed by atoms with Crippen LogP contribution in [0.25, 0.3) is 6.08 Å². The van der Waals surface area contributed by atoms with E-state index in [0.717, 1.165) is 0 Å². The number of hydrogen-bond donors (Lipinski definition) is 0. The highest BCUT2D eigenvalue weighted by atomic mass is 16.6. The van der Waals surface area contributed by atoms with Crippen LogP contribution in [0.4, 0.5) is 5.69 Å². The Morgan fingerprint density at radius 1 is 1.40 bits per heavy atom. The van der Waals surface area contributed by atoms with Gasteiger partial charge in [0.25, 0.3) is 5.69 Å². The van der Waals surface area contributed by atoms with E-state index < -0.39 is 16.7 Å². The summed E-state index contributed by atoms with van der Waals surface area (Å²) in [5, 5.41) is 10.7. The average molecular weight is 277 g/mol. The molecule has 0 unspecified atom stereocenters. The van der Waals surface area contributed by atoms with Crippen molar-refractivity contribution in [3.05, 3.63) is 45.5 Å². The zero-order valence-electron chi connectivity index (χ0n) is 11.3. The van der Waals surface area contributed by atoms with Crippen molar-refractivity contribution in [3.63, 3.8) is 0 Å². The van der Waals surface area contributed by atoms with Gasteiger partial charge in [0.2, 0.25) is 0 Å². The van der Waals surface area contributed by atoms with Crippen LogP contribution < -0.4 is 0 Å². The summed E-state index contributed by atoms with van der Waals surface area (Å²) in [6, 6.07) is 5.68. The molecule has 20 heavy (non-hydrogen) atoms. The van der Waals surface area contributed by atoms with Crippen LogP contribution in [0.1, 0.15) is 25.8 Å². The fraction of sp³-hybridized carbons (Fsp3) is 0.286. The first-order valence-corrected chi connectivity index (χ1v) is 6.10. The molecule has 0 radical (unpaired) electrons. The number of ketones is 1. The number of Topliss-reactive ketones (excluding diaryl/α,β-unsaturated/α-hetero) is 1. The van der Waals surface area contributed by atoms with Gasteiger partial charge in [0.1, 0.15) is 5.57 Å². The van der Waals surface area contributed by atoms with Crippen LogP contribution in [0, 0.1) is 10.1 Å². The Labute approximate surface area is 116 Å². The second-order valence-electron chi connectivity index (χ2n) is 4.10. The third kappa shape index (κ3) is 4.31. The van der Waals surface area contributed by atoms with Crippen molar-refractivity contribution in [2.75, 3.05) is 6.61 Å². The Bertz CT molecular complexity index is 562. The second-order valence-corrected chi connectivity index (χ2v) is 4.10. The van der Waals surface area contributed by atoms with Crippen molar-refractivity contribution < 1.29 is 19.2 Å². The fourth-order valence-corrected chi connectivity index (χ4v) is 1.47. The summed E-state index contributed by atoms with van der Waals surface area (Å²) in [5.41, 5.74) is 0.167. The summed E-state index contributed by atoms with van der Waals surface area (Å²) >= 11 is 0. The molecule has 6 nitrogen and oxygen atoms in total. The molecule has 1 rings (SSSR count). The molecule has 0 heterocycles. The molecule has 0 saturated carbocycles. The number of carbonyl (C=O) groups excluding carboxylic acids is 2. The molecule has 0 atom stereocenters. The highest BCUT2D eigenvalue weighted by Gasteiger charge is 2.16. The van der Waals surface area contributed by atoms with Gasteiger partial charge < -0.3 is 4.74 Å². The molecule has 106 valence electrons. The fourth-order valence-electron chi connectivity index (χ4n) is 1.47. The molecule has 0 aliphatic carbocycles. The molecule has 0 bridgehead atoms. The van der Waals surface area contributed by atoms with Crippen molar-refractivity contribution in [1.29, 1.82) is 0 Å². The lowest BCUT2D eigenvalue weighted by Gasteiger charge is -2.04. The first-order chi connectivity index (χ1) is 9.45. The molecular weight excluding hydrogens is 262 g/mol. The normalized spacial score (nSPS) is 11.0. The van der Waals surface area contributed by atoms with E-state index in [1.54, 1.807) is 6.07 Å². The number of non-ortho nitro benzene ring substituents is 1. The van der Waals surface area contributed by atoms with Gasteiger partial charge in [-0.05, 0) is 25.0 Å². The summed E-state index contributed by atoms with van der Waals surface area (Å²) in [6.45, 7) is 3.31. The standard InChI is InChI=1S/C14H15NO5/c1-3-7-20-14(17)13(10(2)16)9-11-5-4-6-12(8-11)15(18)19/h4-6,8-9H,3,7H2,1-2H3. The predicted molar refractivity (Wildman–Crippen MR) is 73.0 cm³/mol. The van der Waals surface area contributed by atoms with Crippen molar-refractivity contribution in [2.24, 2.45) is 0 Å². The molecule has 0 aromatic heterocycles. The topological polar surface area (TPSA) is 86.5 Å². The summed E-state index contributed by atoms with van der Waals surface area (Å²) in [5.74, 6) is -1.16.